The van der Waals surface area contributed by atoms with Gasteiger partial charge in [-0.25, -0.2) is 9.59 Å². The molecular formula is C21H31N5O7. The van der Waals surface area contributed by atoms with Crippen LogP contribution in [0.3, 0.4) is 0 Å². The van der Waals surface area contributed by atoms with Gasteiger partial charge in [0, 0.05) is 33.0 Å². The van der Waals surface area contributed by atoms with Gasteiger partial charge in [-0.3, -0.25) is 19.7 Å². The number of hydrogen-bond acceptors (Lipinski definition) is 7. The van der Waals surface area contributed by atoms with E-state index in [4.69, 9.17) is 10.8 Å². The van der Waals surface area contributed by atoms with Crippen molar-refractivity contribution in [3.8, 4) is 0 Å². The maximum atomic E-state index is 12.1. The first-order chi connectivity index (χ1) is 15.7. The maximum Gasteiger partial charge on any atom is 0.335 e. The highest BCUT2D eigenvalue weighted by Crippen LogP contribution is 2.08. The highest BCUT2D eigenvalue weighted by atomic mass is 16.4. The number of carboxylic acid groups (broad SMARTS) is 1. The molecular weight excluding hydrogens is 434 g/mol. The number of imide groups is 1. The molecule has 0 aromatic heterocycles. The molecule has 8 N–H and O–H groups in total. The molecule has 0 aliphatic heterocycles. The Bertz CT molecular complexity index is 829. The molecule has 0 aliphatic carbocycles. The van der Waals surface area contributed by atoms with Gasteiger partial charge in [0.15, 0.2) is 0 Å². The summed E-state index contributed by atoms with van der Waals surface area (Å²) in [6.07, 6.45) is 0.0125. The van der Waals surface area contributed by atoms with Gasteiger partial charge >= 0.3 is 12.0 Å². The van der Waals surface area contributed by atoms with Crippen molar-refractivity contribution in [1.82, 2.24) is 21.3 Å². The van der Waals surface area contributed by atoms with Crippen molar-refractivity contribution in [3.63, 3.8) is 0 Å². The van der Waals surface area contributed by atoms with Crippen LogP contribution in [0.4, 0.5) is 4.79 Å². The fourth-order valence-electron chi connectivity index (χ4n) is 2.77. The van der Waals surface area contributed by atoms with Crippen LogP contribution in [0.5, 0.6) is 0 Å². The number of aromatic carboxylic acids is 1. The maximum absolute atomic E-state index is 12.1. The first kappa shape index (κ1) is 27.5. The molecule has 33 heavy (non-hydrogen) atoms. The molecule has 0 saturated carbocycles. The van der Waals surface area contributed by atoms with Crippen LogP contribution >= 0.6 is 0 Å². The van der Waals surface area contributed by atoms with E-state index < -0.39 is 41.9 Å². The number of rotatable bonds is 13. The van der Waals surface area contributed by atoms with Crippen molar-refractivity contribution >= 4 is 29.7 Å². The second-order valence-corrected chi connectivity index (χ2v) is 7.28. The number of benzene rings is 1. The molecule has 0 fully saturated rings. The molecule has 1 aromatic carbocycles. The second kappa shape index (κ2) is 14.5. The number of carboxylic acids is 1. The van der Waals surface area contributed by atoms with Crippen LogP contribution in [0, 0.1) is 0 Å². The third-order valence-electron chi connectivity index (χ3n) is 4.66. The smallest absolute Gasteiger partial charge is 0.335 e. The molecule has 12 nitrogen and oxygen atoms in total. The third-order valence-corrected chi connectivity index (χ3v) is 4.66. The SMILES string of the molecule is CNC(=O)[C@H](CCC(=O)NCC(O)CN)NC(=O)NC(=O)CCCc1ccc(C(=O)O)cc1. The standard InChI is InChI=1S/C21H31N5O7/c1-23-19(30)16(9-10-17(28)24-12-15(27)11-22)25-21(33)26-18(29)4-2-3-13-5-7-14(8-6-13)20(31)32/h5-8,15-16,27H,2-4,9-12,22H2,1H3,(H,23,30)(H,24,28)(H,31,32)(H2,25,26,29,33)/t15?,16-/m0/s1. The molecule has 1 rings (SSSR count). The number of nitrogens with two attached hydrogens (primary N) is 1. The van der Waals surface area contributed by atoms with Crippen LogP contribution in [0.25, 0.3) is 0 Å². The minimum absolute atomic E-state index is 0.00605. The molecule has 1 unspecified atom stereocenters. The van der Waals surface area contributed by atoms with E-state index >= 15 is 0 Å². The van der Waals surface area contributed by atoms with E-state index in [0.717, 1.165) is 5.56 Å². The molecule has 0 radical (unpaired) electrons. The van der Waals surface area contributed by atoms with E-state index in [1.54, 1.807) is 12.1 Å². The lowest BCUT2D eigenvalue weighted by Crippen LogP contribution is -2.51. The van der Waals surface area contributed by atoms with Crippen molar-refractivity contribution in [3.05, 3.63) is 35.4 Å². The number of carbonyl (C=O) groups excluding carboxylic acids is 4. The summed E-state index contributed by atoms with van der Waals surface area (Å²) >= 11 is 0. The summed E-state index contributed by atoms with van der Waals surface area (Å²) in [6, 6.07) is 4.37. The lowest BCUT2D eigenvalue weighted by atomic mass is 10.1. The van der Waals surface area contributed by atoms with Crippen molar-refractivity contribution in [2.75, 3.05) is 20.1 Å². The lowest BCUT2D eigenvalue weighted by Gasteiger charge is -2.17. The number of likely N-dealkylation sites (N-methyl/N-ethyl adjacent to an activating group) is 1. The van der Waals surface area contributed by atoms with Crippen molar-refractivity contribution in [1.29, 1.82) is 0 Å². The van der Waals surface area contributed by atoms with Crippen LogP contribution < -0.4 is 27.0 Å². The van der Waals surface area contributed by atoms with Crippen LogP contribution in [-0.4, -0.2) is 72.2 Å². The summed E-state index contributed by atoms with van der Waals surface area (Å²) in [5, 5.41) is 27.6. The normalized spacial score (nSPS) is 12.2. The lowest BCUT2D eigenvalue weighted by molar-refractivity contribution is -0.124. The van der Waals surface area contributed by atoms with E-state index in [0.29, 0.717) is 12.8 Å². The number of nitrogens with one attached hydrogen (secondary N) is 4. The largest absolute Gasteiger partial charge is 0.478 e. The summed E-state index contributed by atoms with van der Waals surface area (Å²) in [5.74, 6) is -2.52. The van der Waals surface area contributed by atoms with E-state index in [9.17, 15) is 29.1 Å². The molecule has 0 aliphatic rings. The summed E-state index contributed by atoms with van der Waals surface area (Å²) in [7, 11) is 1.38. The van der Waals surface area contributed by atoms with Gasteiger partial charge in [-0.2, -0.15) is 0 Å². The molecule has 5 amide bonds. The van der Waals surface area contributed by atoms with Gasteiger partial charge in [-0.05, 0) is 37.0 Å². The zero-order chi connectivity index (χ0) is 24.8. The number of amides is 5. The van der Waals surface area contributed by atoms with Gasteiger partial charge in [0.2, 0.25) is 17.7 Å². The van der Waals surface area contributed by atoms with E-state index in [2.05, 4.69) is 21.3 Å². The molecule has 1 aromatic rings. The number of carbonyl (C=O) groups is 5. The average Bonchev–Trinajstić information content (AvgIpc) is 2.79. The average molecular weight is 466 g/mol. The minimum atomic E-state index is -1.04. The molecule has 2 atom stereocenters. The summed E-state index contributed by atoms with van der Waals surface area (Å²) in [5.41, 5.74) is 6.28. The van der Waals surface area contributed by atoms with Crippen LogP contribution in [-0.2, 0) is 20.8 Å². The Morgan fingerprint density at radius 3 is 2.27 bits per heavy atom. The molecule has 12 heteroatoms. The number of hydrogen-bond donors (Lipinski definition) is 7. The number of aryl methyl sites for hydroxylation is 1. The van der Waals surface area contributed by atoms with Crippen molar-refractivity contribution in [2.24, 2.45) is 5.73 Å². The summed E-state index contributed by atoms with van der Waals surface area (Å²) < 4.78 is 0. The highest BCUT2D eigenvalue weighted by Gasteiger charge is 2.21. The van der Waals surface area contributed by atoms with Crippen molar-refractivity contribution < 1.29 is 34.2 Å². The highest BCUT2D eigenvalue weighted by molar-refractivity contribution is 5.96. The molecule has 0 bridgehead atoms. The Labute approximate surface area is 191 Å². The van der Waals surface area contributed by atoms with E-state index in [1.807, 2.05) is 0 Å². The van der Waals surface area contributed by atoms with Gasteiger partial charge in [-0.15, -0.1) is 0 Å². The molecule has 0 heterocycles. The topological polar surface area (TPSA) is 200 Å². The monoisotopic (exact) mass is 465 g/mol. The Kier molecular flexibility index (Phi) is 12.1. The fraction of sp³-hybridized carbons (Fsp3) is 0.476. The first-order valence-corrected chi connectivity index (χ1v) is 10.4. The second-order valence-electron chi connectivity index (χ2n) is 7.28. The van der Waals surface area contributed by atoms with Crippen LogP contribution in [0.2, 0.25) is 0 Å². The first-order valence-electron chi connectivity index (χ1n) is 10.4. The quantitative estimate of drug-likeness (QED) is 0.189. The van der Waals surface area contributed by atoms with Gasteiger partial charge in [-0.1, -0.05) is 12.1 Å². The predicted octanol–water partition coefficient (Wildman–Crippen LogP) is -1.14. The Morgan fingerprint density at radius 2 is 1.70 bits per heavy atom. The third kappa shape index (κ3) is 11.1. The van der Waals surface area contributed by atoms with Crippen molar-refractivity contribution in [2.45, 2.75) is 44.2 Å². The van der Waals surface area contributed by atoms with Gasteiger partial charge < -0.3 is 31.9 Å². The van der Waals surface area contributed by atoms with E-state index in [-0.39, 0.29) is 37.9 Å². The Hall–Kier alpha value is -3.51. The summed E-state index contributed by atoms with van der Waals surface area (Å²) in [6.45, 7) is -0.0278. The fourth-order valence-corrected chi connectivity index (χ4v) is 2.77. The predicted molar refractivity (Wildman–Crippen MR) is 118 cm³/mol. The summed E-state index contributed by atoms with van der Waals surface area (Å²) in [4.78, 5) is 58.8. The van der Waals surface area contributed by atoms with Gasteiger partial charge in [0.05, 0.1) is 11.7 Å². The zero-order valence-corrected chi connectivity index (χ0v) is 18.4. The number of aliphatic hydroxyl groups is 1. The minimum Gasteiger partial charge on any atom is -0.478 e. The Morgan fingerprint density at radius 1 is 1.03 bits per heavy atom. The molecule has 182 valence electrons. The zero-order valence-electron chi connectivity index (χ0n) is 18.4. The molecule has 0 spiro atoms. The van der Waals surface area contributed by atoms with Crippen LogP contribution in [0.1, 0.15) is 41.6 Å². The Balaban J connectivity index is 2.42. The number of aliphatic hydroxyl groups excluding tert-OH is 1. The van der Waals surface area contributed by atoms with Gasteiger partial charge in [0.1, 0.15) is 6.04 Å². The van der Waals surface area contributed by atoms with Gasteiger partial charge in [0.25, 0.3) is 0 Å². The van der Waals surface area contributed by atoms with E-state index in [1.165, 1.54) is 19.2 Å². The van der Waals surface area contributed by atoms with Crippen LogP contribution in [0.15, 0.2) is 24.3 Å². The molecule has 0 saturated heterocycles. The number of urea groups is 1.